The fourth-order valence-electron chi connectivity index (χ4n) is 3.92. The monoisotopic (exact) mass is 635 g/mol. The summed E-state index contributed by atoms with van der Waals surface area (Å²) in [6.07, 6.45) is 1.56. The number of benzene rings is 3. The van der Waals surface area contributed by atoms with Crippen molar-refractivity contribution in [1.29, 1.82) is 0 Å². The Balaban J connectivity index is 0.00000289. The van der Waals surface area contributed by atoms with Crippen LogP contribution in [0.25, 0.3) is 34.0 Å². The zero-order valence-electron chi connectivity index (χ0n) is 19.8. The predicted molar refractivity (Wildman–Crippen MR) is 135 cm³/mol. The van der Waals surface area contributed by atoms with Crippen LogP contribution in [-0.2, 0) is 26.5 Å². The second kappa shape index (κ2) is 10.4. The molecule has 5 rings (SSSR count). The van der Waals surface area contributed by atoms with Crippen molar-refractivity contribution in [2.75, 3.05) is 0 Å². The maximum absolute atomic E-state index is 5.00. The van der Waals surface area contributed by atoms with Crippen molar-refractivity contribution in [1.82, 2.24) is 19.9 Å². The molecule has 35 heavy (non-hydrogen) atoms. The van der Waals surface area contributed by atoms with Gasteiger partial charge in [-0.25, -0.2) is 4.98 Å². The molecule has 0 bridgehead atoms. The number of pyridine rings is 1. The molecule has 0 aliphatic carbocycles. The standard InChI is InChI=1S/C30H24N4.Pt/c1-21-10-7-13-23(18-21)26-16-9-17-27(33-26)30(2,3)25-15-8-14-24(19-25)29-32-20-31-28(34-29)22-11-5-4-6-12-22;/h4-12,14-18,20H,1-3H3;/q-2;+2. The van der Waals surface area contributed by atoms with Gasteiger partial charge in [-0.1, -0.05) is 63.2 Å². The van der Waals surface area contributed by atoms with Crippen LogP contribution in [0.1, 0.15) is 30.7 Å². The molecule has 0 fully saturated rings. The number of nitrogens with zero attached hydrogens (tertiary/aromatic N) is 4. The smallest absolute Gasteiger partial charge is 0.300 e. The molecule has 0 spiro atoms. The Morgan fingerprint density at radius 2 is 1.51 bits per heavy atom. The van der Waals surface area contributed by atoms with E-state index >= 15 is 0 Å². The average molecular weight is 636 g/mol. The summed E-state index contributed by atoms with van der Waals surface area (Å²) in [5, 5.41) is 0. The first kappa shape index (κ1) is 24.6. The van der Waals surface area contributed by atoms with E-state index < -0.39 is 0 Å². The van der Waals surface area contributed by atoms with Crippen molar-refractivity contribution < 1.29 is 21.1 Å². The summed E-state index contributed by atoms with van der Waals surface area (Å²) in [5.41, 5.74) is 6.49. The first-order chi connectivity index (χ1) is 16.5. The number of hydrogen-bond donors (Lipinski definition) is 0. The molecule has 0 saturated carbocycles. The van der Waals surface area contributed by atoms with Gasteiger partial charge in [-0.05, 0) is 11.8 Å². The minimum absolute atomic E-state index is 0. The molecular weight excluding hydrogens is 611 g/mol. The topological polar surface area (TPSA) is 51.6 Å². The van der Waals surface area contributed by atoms with Crippen molar-refractivity contribution in [3.05, 3.63) is 120 Å². The van der Waals surface area contributed by atoms with E-state index in [0.29, 0.717) is 11.6 Å². The summed E-state index contributed by atoms with van der Waals surface area (Å²) in [6, 6.07) is 35.1. The van der Waals surface area contributed by atoms with E-state index in [-0.39, 0.29) is 26.5 Å². The van der Waals surface area contributed by atoms with Gasteiger partial charge in [0.15, 0.2) is 5.82 Å². The Hall–Kier alpha value is -3.49. The summed E-state index contributed by atoms with van der Waals surface area (Å²) in [7, 11) is 0. The van der Waals surface area contributed by atoms with E-state index in [1.165, 1.54) is 5.56 Å². The van der Waals surface area contributed by atoms with Crippen molar-refractivity contribution in [2.24, 2.45) is 0 Å². The Bertz CT molecular complexity index is 1450. The zero-order valence-corrected chi connectivity index (χ0v) is 22.0. The van der Waals surface area contributed by atoms with Gasteiger partial charge in [-0.3, -0.25) is 9.97 Å². The molecule has 0 amide bonds. The van der Waals surface area contributed by atoms with Crippen molar-refractivity contribution >= 4 is 0 Å². The molecule has 0 radical (unpaired) electrons. The van der Waals surface area contributed by atoms with Gasteiger partial charge in [0.25, 0.3) is 0 Å². The van der Waals surface area contributed by atoms with E-state index in [4.69, 9.17) is 9.97 Å². The molecule has 5 heteroatoms. The fourth-order valence-corrected chi connectivity index (χ4v) is 3.92. The molecular formula is C30H24N4Pt. The molecule has 0 atom stereocenters. The minimum Gasteiger partial charge on any atom is -0.300 e. The minimum atomic E-state index is -0.370. The van der Waals surface area contributed by atoms with Gasteiger partial charge in [0.1, 0.15) is 6.33 Å². The van der Waals surface area contributed by atoms with E-state index in [2.05, 4.69) is 67.1 Å². The van der Waals surface area contributed by atoms with Gasteiger partial charge in [-0.2, -0.15) is 0 Å². The normalized spacial score (nSPS) is 11.1. The van der Waals surface area contributed by atoms with Crippen LogP contribution >= 0.6 is 0 Å². The van der Waals surface area contributed by atoms with Gasteiger partial charge in [0.2, 0.25) is 0 Å². The molecule has 4 nitrogen and oxygen atoms in total. The molecule has 5 aromatic rings. The third-order valence-corrected chi connectivity index (χ3v) is 5.94. The molecule has 174 valence electrons. The quantitative estimate of drug-likeness (QED) is 0.207. The second-order valence-corrected chi connectivity index (χ2v) is 8.79. The molecule has 0 aliphatic heterocycles. The van der Waals surface area contributed by atoms with Crippen LogP contribution in [0.3, 0.4) is 0 Å². The van der Waals surface area contributed by atoms with Crippen molar-refractivity contribution in [3.8, 4) is 34.0 Å². The molecule has 0 saturated heterocycles. The van der Waals surface area contributed by atoms with Crippen LogP contribution in [0.2, 0.25) is 0 Å². The van der Waals surface area contributed by atoms with Crippen LogP contribution in [0.15, 0.2) is 91.3 Å². The third-order valence-electron chi connectivity index (χ3n) is 5.94. The Morgan fingerprint density at radius 3 is 2.31 bits per heavy atom. The SMILES string of the molecule is Cc1cc[c-]c(-c2cccc(C(C)(C)c3[c-]c(-c4ncnc(-c5ccccc5)n4)ccc3)n2)c1.[Pt+2]. The number of aromatic nitrogens is 4. The first-order valence-electron chi connectivity index (χ1n) is 11.2. The largest absolute Gasteiger partial charge is 2.00 e. The van der Waals surface area contributed by atoms with Crippen LogP contribution < -0.4 is 0 Å². The van der Waals surface area contributed by atoms with Crippen molar-refractivity contribution in [2.45, 2.75) is 26.2 Å². The number of rotatable bonds is 5. The summed E-state index contributed by atoms with van der Waals surface area (Å²) in [6.45, 7) is 6.41. The Labute approximate surface area is 220 Å². The van der Waals surface area contributed by atoms with E-state index in [9.17, 15) is 0 Å². The first-order valence-corrected chi connectivity index (χ1v) is 11.2. The van der Waals surface area contributed by atoms with Gasteiger partial charge in [0, 0.05) is 16.7 Å². The van der Waals surface area contributed by atoms with E-state index in [1.54, 1.807) is 6.33 Å². The van der Waals surface area contributed by atoms with Gasteiger partial charge < -0.3 is 4.98 Å². The molecule has 3 aromatic carbocycles. The molecule has 0 unspecified atom stereocenters. The average Bonchev–Trinajstić information content (AvgIpc) is 2.89. The fraction of sp³-hybridized carbons (Fsp3) is 0.133. The Morgan fingerprint density at radius 1 is 0.743 bits per heavy atom. The van der Waals surface area contributed by atoms with E-state index in [0.717, 1.165) is 33.6 Å². The van der Waals surface area contributed by atoms with Gasteiger partial charge in [0.05, 0.1) is 5.82 Å². The number of hydrogen-bond acceptors (Lipinski definition) is 4. The maximum atomic E-state index is 5.00. The second-order valence-electron chi connectivity index (χ2n) is 8.79. The summed E-state index contributed by atoms with van der Waals surface area (Å²) in [5.74, 6) is 1.25. The summed E-state index contributed by atoms with van der Waals surface area (Å²) >= 11 is 0. The Kier molecular flexibility index (Phi) is 7.33. The number of aryl methyl sites for hydroxylation is 1. The summed E-state index contributed by atoms with van der Waals surface area (Å²) < 4.78 is 0. The maximum Gasteiger partial charge on any atom is 2.00 e. The third kappa shape index (κ3) is 5.28. The molecule has 0 aliphatic rings. The van der Waals surface area contributed by atoms with Crippen LogP contribution in [-0.4, -0.2) is 19.9 Å². The van der Waals surface area contributed by atoms with E-state index in [1.807, 2.05) is 60.7 Å². The molecule has 2 aromatic heterocycles. The van der Waals surface area contributed by atoms with Gasteiger partial charge >= 0.3 is 21.1 Å². The van der Waals surface area contributed by atoms with Crippen LogP contribution in [0.4, 0.5) is 0 Å². The predicted octanol–water partition coefficient (Wildman–Crippen LogP) is 6.50. The van der Waals surface area contributed by atoms with Crippen molar-refractivity contribution in [3.63, 3.8) is 0 Å². The zero-order chi connectivity index (χ0) is 23.5. The summed E-state index contributed by atoms with van der Waals surface area (Å²) in [4.78, 5) is 18.5. The molecule has 0 N–H and O–H groups in total. The molecule has 2 heterocycles. The van der Waals surface area contributed by atoms with Gasteiger partial charge in [-0.15, -0.1) is 70.8 Å². The van der Waals surface area contributed by atoms with Crippen LogP contribution in [0.5, 0.6) is 0 Å². The van der Waals surface area contributed by atoms with Crippen LogP contribution in [0, 0.1) is 19.1 Å².